The summed E-state index contributed by atoms with van der Waals surface area (Å²) in [5.74, 6) is 0. The first kappa shape index (κ1) is 29.5. The van der Waals surface area contributed by atoms with E-state index in [2.05, 4.69) is 183 Å². The van der Waals surface area contributed by atoms with Crippen LogP contribution in [0.1, 0.15) is 25.0 Å². The molecule has 10 rings (SSSR count). The highest BCUT2D eigenvalue weighted by Gasteiger charge is 2.38. The van der Waals surface area contributed by atoms with Gasteiger partial charge in [-0.3, -0.25) is 0 Å². The quantitative estimate of drug-likeness (QED) is 0.184. The molecule has 0 radical (unpaired) electrons. The van der Waals surface area contributed by atoms with Crippen molar-refractivity contribution < 1.29 is 4.42 Å². The Kier molecular flexibility index (Phi) is 6.56. The molecule has 9 aromatic rings. The number of nitrogens with zero attached hydrogens (tertiary/aromatic N) is 1. The Morgan fingerprint density at radius 2 is 1.10 bits per heavy atom. The van der Waals surface area contributed by atoms with Crippen molar-refractivity contribution >= 4 is 49.8 Å². The molecule has 0 unspecified atom stereocenters. The van der Waals surface area contributed by atoms with Crippen molar-refractivity contribution in [1.82, 2.24) is 0 Å². The van der Waals surface area contributed by atoms with Gasteiger partial charge in [-0.25, -0.2) is 0 Å². The van der Waals surface area contributed by atoms with Crippen LogP contribution in [0, 0.1) is 0 Å². The van der Waals surface area contributed by atoms with Gasteiger partial charge in [-0.15, -0.1) is 0 Å². The Labute approximate surface area is 297 Å². The lowest BCUT2D eigenvalue weighted by Crippen LogP contribution is -2.20. The number of hydrogen-bond donors (Lipinski definition) is 0. The number of benzene rings is 8. The molecular weight excluding hydrogens is 619 g/mol. The summed E-state index contributed by atoms with van der Waals surface area (Å²) in [6.45, 7) is 4.73. The zero-order valence-electron chi connectivity index (χ0n) is 28.6. The monoisotopic (exact) mass is 653 g/mol. The second kappa shape index (κ2) is 11.3. The van der Waals surface area contributed by atoms with E-state index in [4.69, 9.17) is 4.42 Å². The van der Waals surface area contributed by atoms with Crippen LogP contribution < -0.4 is 4.90 Å². The lowest BCUT2D eigenvalue weighted by Gasteiger charge is -2.32. The molecule has 242 valence electrons. The van der Waals surface area contributed by atoms with E-state index in [0.29, 0.717) is 0 Å². The average molecular weight is 654 g/mol. The second-order valence-electron chi connectivity index (χ2n) is 14.2. The van der Waals surface area contributed by atoms with Crippen LogP contribution in [0.5, 0.6) is 0 Å². The maximum atomic E-state index is 6.24. The summed E-state index contributed by atoms with van der Waals surface area (Å²) in [5.41, 5.74) is 15.1. The van der Waals surface area contributed by atoms with E-state index in [-0.39, 0.29) is 5.41 Å². The summed E-state index contributed by atoms with van der Waals surface area (Å²) in [7, 11) is 0. The van der Waals surface area contributed by atoms with E-state index in [0.717, 1.165) is 44.4 Å². The van der Waals surface area contributed by atoms with E-state index in [1.165, 1.54) is 49.8 Å². The van der Waals surface area contributed by atoms with Crippen molar-refractivity contribution in [3.8, 4) is 33.4 Å². The molecule has 0 spiro atoms. The van der Waals surface area contributed by atoms with Gasteiger partial charge < -0.3 is 9.32 Å². The molecule has 1 aliphatic rings. The summed E-state index contributed by atoms with van der Waals surface area (Å²) in [4.78, 5) is 2.45. The van der Waals surface area contributed by atoms with E-state index < -0.39 is 0 Å². The third-order valence-electron chi connectivity index (χ3n) is 10.8. The molecule has 0 aliphatic heterocycles. The molecule has 1 aliphatic carbocycles. The topological polar surface area (TPSA) is 16.4 Å². The number of rotatable bonds is 5. The predicted molar refractivity (Wildman–Crippen MR) is 214 cm³/mol. The maximum Gasteiger partial charge on any atom is 0.136 e. The predicted octanol–water partition coefficient (Wildman–Crippen LogP) is 13.8. The molecule has 2 heteroatoms. The molecule has 0 saturated heterocycles. The lowest BCUT2D eigenvalue weighted by molar-refractivity contribution is 0.661. The van der Waals surface area contributed by atoms with E-state index in [9.17, 15) is 0 Å². The highest BCUT2D eigenvalue weighted by molar-refractivity contribution is 6.06. The summed E-state index contributed by atoms with van der Waals surface area (Å²) < 4.78 is 6.24. The molecule has 0 N–H and O–H groups in total. The van der Waals surface area contributed by atoms with Gasteiger partial charge in [-0.05, 0) is 110 Å². The molecular formula is C49H35NO. The van der Waals surface area contributed by atoms with Gasteiger partial charge in [-0.1, -0.05) is 135 Å². The standard InChI is InChI=1S/C49H35NO/c1-49(2)44-18-7-5-15-40(44)43-17-10-19-45(48(43)49)50(39-14-9-13-35(30-39)36-22-21-32-11-3-4-12-34(32)29-36)38-26-23-33(24-27-38)37-25-28-42-41-16-6-8-20-46(41)51-47(42)31-37/h3-31H,1-2H3. The highest BCUT2D eigenvalue weighted by Crippen LogP contribution is 2.54. The van der Waals surface area contributed by atoms with Crippen molar-refractivity contribution in [1.29, 1.82) is 0 Å². The first-order valence-corrected chi connectivity index (χ1v) is 17.7. The van der Waals surface area contributed by atoms with Crippen molar-refractivity contribution in [2.45, 2.75) is 19.3 Å². The van der Waals surface area contributed by atoms with Gasteiger partial charge in [0.1, 0.15) is 11.2 Å². The second-order valence-corrected chi connectivity index (χ2v) is 14.2. The maximum absolute atomic E-state index is 6.24. The van der Waals surface area contributed by atoms with Gasteiger partial charge in [0.15, 0.2) is 0 Å². The Morgan fingerprint density at radius 1 is 0.431 bits per heavy atom. The van der Waals surface area contributed by atoms with Gasteiger partial charge in [0.25, 0.3) is 0 Å². The number of anilines is 3. The molecule has 0 fully saturated rings. The van der Waals surface area contributed by atoms with Gasteiger partial charge >= 0.3 is 0 Å². The summed E-state index contributed by atoms with van der Waals surface area (Å²) in [6, 6.07) is 63.8. The summed E-state index contributed by atoms with van der Waals surface area (Å²) in [5, 5.41) is 4.79. The van der Waals surface area contributed by atoms with Crippen molar-refractivity contribution in [3.63, 3.8) is 0 Å². The van der Waals surface area contributed by atoms with Gasteiger partial charge in [0.05, 0.1) is 5.69 Å². The van der Waals surface area contributed by atoms with E-state index >= 15 is 0 Å². The highest BCUT2D eigenvalue weighted by atomic mass is 16.3. The summed E-state index contributed by atoms with van der Waals surface area (Å²) >= 11 is 0. The number of fused-ring (bicyclic) bond motifs is 7. The van der Waals surface area contributed by atoms with Crippen molar-refractivity contribution in [2.75, 3.05) is 4.90 Å². The van der Waals surface area contributed by atoms with E-state index in [1.807, 2.05) is 12.1 Å². The minimum atomic E-state index is -0.168. The smallest absolute Gasteiger partial charge is 0.136 e. The Bertz CT molecular complexity index is 2780. The number of hydrogen-bond acceptors (Lipinski definition) is 2. The Hall–Kier alpha value is -6.38. The molecule has 1 aromatic heterocycles. The van der Waals surface area contributed by atoms with Crippen LogP contribution in [0.4, 0.5) is 17.1 Å². The number of furan rings is 1. The van der Waals surface area contributed by atoms with Crippen LogP contribution in [0.3, 0.4) is 0 Å². The van der Waals surface area contributed by atoms with E-state index in [1.54, 1.807) is 0 Å². The number of para-hydroxylation sites is 1. The summed E-state index contributed by atoms with van der Waals surface area (Å²) in [6.07, 6.45) is 0. The van der Waals surface area contributed by atoms with Crippen LogP contribution in [0.2, 0.25) is 0 Å². The fourth-order valence-corrected chi connectivity index (χ4v) is 8.33. The van der Waals surface area contributed by atoms with Gasteiger partial charge in [0.2, 0.25) is 0 Å². The van der Waals surface area contributed by atoms with Crippen molar-refractivity contribution in [2.24, 2.45) is 0 Å². The normalized spacial score (nSPS) is 13.1. The van der Waals surface area contributed by atoms with Gasteiger partial charge in [-0.2, -0.15) is 0 Å². The Balaban J connectivity index is 1.12. The average Bonchev–Trinajstić information content (AvgIpc) is 3.67. The molecule has 0 atom stereocenters. The zero-order chi connectivity index (χ0) is 34.1. The van der Waals surface area contributed by atoms with Crippen LogP contribution in [0.15, 0.2) is 180 Å². The lowest BCUT2D eigenvalue weighted by atomic mass is 9.81. The molecule has 2 nitrogen and oxygen atoms in total. The van der Waals surface area contributed by atoms with Crippen molar-refractivity contribution in [3.05, 3.63) is 187 Å². The molecule has 0 bridgehead atoms. The van der Waals surface area contributed by atoms with Crippen LogP contribution in [0.25, 0.3) is 66.1 Å². The zero-order valence-corrected chi connectivity index (χ0v) is 28.6. The molecule has 0 amide bonds. The molecule has 0 saturated carbocycles. The third kappa shape index (κ3) is 4.71. The SMILES string of the molecule is CC1(C)c2ccccc2-c2cccc(N(c3ccc(-c4ccc5c(c4)oc4ccccc45)cc3)c3cccc(-c4ccc5ccccc5c4)c3)c21. The van der Waals surface area contributed by atoms with Gasteiger partial charge in [0, 0.05) is 27.6 Å². The fourth-order valence-electron chi connectivity index (χ4n) is 8.33. The first-order chi connectivity index (χ1) is 25.0. The molecule has 51 heavy (non-hydrogen) atoms. The minimum absolute atomic E-state index is 0.168. The minimum Gasteiger partial charge on any atom is -0.456 e. The third-order valence-corrected chi connectivity index (χ3v) is 10.8. The van der Waals surface area contributed by atoms with Crippen LogP contribution in [-0.4, -0.2) is 0 Å². The van der Waals surface area contributed by atoms with Crippen LogP contribution >= 0.6 is 0 Å². The Morgan fingerprint density at radius 3 is 2.00 bits per heavy atom. The first-order valence-electron chi connectivity index (χ1n) is 17.7. The largest absolute Gasteiger partial charge is 0.456 e. The molecule has 8 aromatic carbocycles. The molecule has 1 heterocycles. The fraction of sp³-hybridized carbons (Fsp3) is 0.0612. The van der Waals surface area contributed by atoms with Crippen LogP contribution in [-0.2, 0) is 5.41 Å².